The standard InChI is InChI=1S/C14H11ClN4O2/c1-8-6-19(13-11(8)12(15)17-7-18-13)10-3-9(4-16-5-10)14(20)21-2/h3-7H,1-2H3. The van der Waals surface area contributed by atoms with E-state index in [1.807, 2.05) is 17.7 Å². The summed E-state index contributed by atoms with van der Waals surface area (Å²) in [6.07, 6.45) is 6.37. The molecule has 3 heterocycles. The fourth-order valence-electron chi connectivity index (χ4n) is 2.18. The summed E-state index contributed by atoms with van der Waals surface area (Å²) >= 11 is 6.11. The minimum absolute atomic E-state index is 0.370. The number of halogens is 1. The summed E-state index contributed by atoms with van der Waals surface area (Å²) in [6, 6.07) is 1.69. The summed E-state index contributed by atoms with van der Waals surface area (Å²) in [5, 5.41) is 1.18. The number of methoxy groups -OCH3 is 1. The van der Waals surface area contributed by atoms with Crippen LogP contribution in [-0.2, 0) is 4.74 Å². The van der Waals surface area contributed by atoms with Gasteiger partial charge in [-0.15, -0.1) is 0 Å². The Morgan fingerprint density at radius 3 is 2.90 bits per heavy atom. The number of carbonyl (C=O) groups excluding carboxylic acids is 1. The maximum atomic E-state index is 11.6. The van der Waals surface area contributed by atoms with Gasteiger partial charge in [0.05, 0.1) is 29.9 Å². The zero-order valence-corrected chi connectivity index (χ0v) is 12.1. The van der Waals surface area contributed by atoms with Gasteiger partial charge in [0, 0.05) is 12.4 Å². The SMILES string of the molecule is COC(=O)c1cncc(-n2cc(C)c3c(Cl)ncnc32)c1. The van der Waals surface area contributed by atoms with Crippen molar-refractivity contribution in [1.29, 1.82) is 0 Å². The number of hydrogen-bond acceptors (Lipinski definition) is 5. The van der Waals surface area contributed by atoms with E-state index in [-0.39, 0.29) is 0 Å². The van der Waals surface area contributed by atoms with Crippen LogP contribution >= 0.6 is 11.6 Å². The van der Waals surface area contributed by atoms with Gasteiger partial charge in [0.1, 0.15) is 17.1 Å². The lowest BCUT2D eigenvalue weighted by Crippen LogP contribution is -2.04. The molecule has 0 N–H and O–H groups in total. The third-order valence-corrected chi connectivity index (χ3v) is 3.44. The van der Waals surface area contributed by atoms with Gasteiger partial charge in [0.15, 0.2) is 0 Å². The normalized spacial score (nSPS) is 10.8. The van der Waals surface area contributed by atoms with Crippen molar-refractivity contribution in [2.75, 3.05) is 7.11 Å². The summed E-state index contributed by atoms with van der Waals surface area (Å²) in [7, 11) is 1.33. The molecule has 0 saturated carbocycles. The average molecular weight is 303 g/mol. The Morgan fingerprint density at radius 1 is 1.33 bits per heavy atom. The Bertz CT molecular complexity index is 844. The molecule has 0 spiro atoms. The van der Waals surface area contributed by atoms with E-state index in [2.05, 4.69) is 15.0 Å². The molecule has 3 rings (SSSR count). The summed E-state index contributed by atoms with van der Waals surface area (Å²) < 4.78 is 6.52. The summed E-state index contributed by atoms with van der Waals surface area (Å²) in [5.74, 6) is -0.440. The Hall–Kier alpha value is -2.47. The molecular weight excluding hydrogens is 292 g/mol. The van der Waals surface area contributed by atoms with E-state index in [9.17, 15) is 4.79 Å². The molecular formula is C14H11ClN4O2. The van der Waals surface area contributed by atoms with Crippen LogP contribution in [0.3, 0.4) is 0 Å². The molecule has 0 saturated heterocycles. The highest BCUT2D eigenvalue weighted by molar-refractivity contribution is 6.34. The van der Waals surface area contributed by atoms with Gasteiger partial charge in [-0.2, -0.15) is 0 Å². The van der Waals surface area contributed by atoms with E-state index in [1.54, 1.807) is 12.3 Å². The van der Waals surface area contributed by atoms with Gasteiger partial charge in [-0.25, -0.2) is 14.8 Å². The molecule has 0 aliphatic carbocycles. The highest BCUT2D eigenvalue weighted by atomic mass is 35.5. The quantitative estimate of drug-likeness (QED) is 0.537. The van der Waals surface area contributed by atoms with Crippen molar-refractivity contribution < 1.29 is 9.53 Å². The molecule has 7 heteroatoms. The lowest BCUT2D eigenvalue weighted by Gasteiger charge is -2.06. The highest BCUT2D eigenvalue weighted by Gasteiger charge is 2.14. The van der Waals surface area contributed by atoms with Gasteiger partial charge < -0.3 is 4.74 Å². The fourth-order valence-corrected chi connectivity index (χ4v) is 2.46. The number of carbonyl (C=O) groups is 1. The van der Waals surface area contributed by atoms with E-state index < -0.39 is 5.97 Å². The fraction of sp³-hybridized carbons (Fsp3) is 0.143. The van der Waals surface area contributed by atoms with Crippen molar-refractivity contribution in [3.63, 3.8) is 0 Å². The Balaban J connectivity index is 2.22. The maximum Gasteiger partial charge on any atom is 0.339 e. The number of aromatic nitrogens is 4. The van der Waals surface area contributed by atoms with Gasteiger partial charge in [-0.3, -0.25) is 9.55 Å². The van der Waals surface area contributed by atoms with Crippen LogP contribution in [0.1, 0.15) is 15.9 Å². The number of hydrogen-bond donors (Lipinski definition) is 0. The second-order valence-corrected chi connectivity index (χ2v) is 4.83. The van der Waals surface area contributed by atoms with Crippen molar-refractivity contribution in [3.8, 4) is 5.69 Å². The van der Waals surface area contributed by atoms with Crippen LogP contribution in [0.2, 0.25) is 5.15 Å². The van der Waals surface area contributed by atoms with E-state index in [0.717, 1.165) is 10.9 Å². The monoisotopic (exact) mass is 302 g/mol. The Kier molecular flexibility index (Phi) is 3.31. The van der Waals surface area contributed by atoms with E-state index in [0.29, 0.717) is 22.1 Å². The molecule has 3 aromatic heterocycles. The molecule has 21 heavy (non-hydrogen) atoms. The third kappa shape index (κ3) is 2.23. The van der Waals surface area contributed by atoms with Crippen molar-refractivity contribution in [3.05, 3.63) is 47.3 Å². The van der Waals surface area contributed by atoms with Gasteiger partial charge in [-0.05, 0) is 18.6 Å². The van der Waals surface area contributed by atoms with Gasteiger partial charge in [0.25, 0.3) is 0 Å². The molecule has 0 amide bonds. The topological polar surface area (TPSA) is 69.9 Å². The summed E-state index contributed by atoms with van der Waals surface area (Å²) in [4.78, 5) is 23.9. The number of pyridine rings is 1. The molecule has 3 aromatic rings. The molecule has 0 aromatic carbocycles. The third-order valence-electron chi connectivity index (χ3n) is 3.15. The first-order valence-corrected chi connectivity index (χ1v) is 6.51. The van der Waals surface area contributed by atoms with Crippen LogP contribution in [0.25, 0.3) is 16.7 Å². The second kappa shape index (κ2) is 5.14. The van der Waals surface area contributed by atoms with Crippen molar-refractivity contribution >= 4 is 28.6 Å². The number of aryl methyl sites for hydroxylation is 1. The van der Waals surface area contributed by atoms with Crippen molar-refractivity contribution in [1.82, 2.24) is 19.5 Å². The van der Waals surface area contributed by atoms with Crippen LogP contribution in [-0.4, -0.2) is 32.6 Å². The number of ether oxygens (including phenoxy) is 1. The number of nitrogens with zero attached hydrogens (tertiary/aromatic N) is 4. The Morgan fingerprint density at radius 2 is 2.14 bits per heavy atom. The molecule has 0 bridgehead atoms. The predicted molar refractivity (Wildman–Crippen MR) is 77.7 cm³/mol. The minimum atomic E-state index is -0.440. The smallest absolute Gasteiger partial charge is 0.339 e. The van der Waals surface area contributed by atoms with Gasteiger partial charge in [-0.1, -0.05) is 11.6 Å². The first kappa shape index (κ1) is 13.5. The first-order valence-electron chi connectivity index (χ1n) is 6.13. The van der Waals surface area contributed by atoms with Gasteiger partial charge >= 0.3 is 5.97 Å². The van der Waals surface area contributed by atoms with E-state index in [4.69, 9.17) is 16.3 Å². The number of esters is 1. The molecule has 0 fully saturated rings. The molecule has 0 radical (unpaired) electrons. The van der Waals surface area contributed by atoms with Crippen LogP contribution in [0.4, 0.5) is 0 Å². The molecule has 0 unspecified atom stereocenters. The van der Waals surface area contributed by atoms with E-state index in [1.165, 1.54) is 19.6 Å². The van der Waals surface area contributed by atoms with Crippen molar-refractivity contribution in [2.45, 2.75) is 6.92 Å². The zero-order chi connectivity index (χ0) is 15.0. The predicted octanol–water partition coefficient (Wildman–Crippen LogP) is 2.56. The number of fused-ring (bicyclic) bond motifs is 1. The first-order chi connectivity index (χ1) is 10.1. The summed E-state index contributed by atoms with van der Waals surface area (Å²) in [6.45, 7) is 1.92. The van der Waals surface area contributed by atoms with Crippen molar-refractivity contribution in [2.24, 2.45) is 0 Å². The maximum absolute atomic E-state index is 11.6. The molecule has 106 valence electrons. The molecule has 6 nitrogen and oxygen atoms in total. The average Bonchev–Trinajstić information content (AvgIpc) is 2.85. The van der Waals surface area contributed by atoms with E-state index >= 15 is 0 Å². The largest absolute Gasteiger partial charge is 0.465 e. The number of rotatable bonds is 2. The molecule has 0 atom stereocenters. The van der Waals surface area contributed by atoms with Crippen LogP contribution in [0.5, 0.6) is 0 Å². The second-order valence-electron chi connectivity index (χ2n) is 4.47. The minimum Gasteiger partial charge on any atom is -0.465 e. The Labute approximate surface area is 125 Å². The summed E-state index contributed by atoms with van der Waals surface area (Å²) in [5.41, 5.74) is 2.68. The van der Waals surface area contributed by atoms with Crippen LogP contribution in [0, 0.1) is 6.92 Å². The molecule has 0 aliphatic heterocycles. The van der Waals surface area contributed by atoms with Crippen LogP contribution in [0.15, 0.2) is 31.0 Å². The lowest BCUT2D eigenvalue weighted by molar-refractivity contribution is 0.0600. The molecule has 0 aliphatic rings. The van der Waals surface area contributed by atoms with Crippen LogP contribution < -0.4 is 0 Å². The zero-order valence-electron chi connectivity index (χ0n) is 11.4. The van der Waals surface area contributed by atoms with Gasteiger partial charge in [0.2, 0.25) is 0 Å². The highest BCUT2D eigenvalue weighted by Crippen LogP contribution is 2.27. The lowest BCUT2D eigenvalue weighted by atomic mass is 10.2.